The number of aliphatic hydroxyl groups excluding tert-OH is 1. The Kier molecular flexibility index (Phi) is 7.53. The number of nitrogens with two attached hydrogens (primary N) is 1. The molecule has 8 heteroatoms. The fraction of sp³-hybridized carbons (Fsp3) is 0.278. The number of anilines is 3. The number of hydrogen-bond donors (Lipinski definition) is 5. The summed E-state index contributed by atoms with van der Waals surface area (Å²) >= 11 is 6.14. The average Bonchev–Trinajstić information content (AvgIpc) is 2.62. The van der Waals surface area contributed by atoms with Crippen LogP contribution in [0.5, 0.6) is 5.75 Å². The molecule has 6 N–H and O–H groups in total. The zero-order valence-corrected chi connectivity index (χ0v) is 15.3. The third kappa shape index (κ3) is 5.52. The van der Waals surface area contributed by atoms with Crippen molar-refractivity contribution in [1.29, 1.82) is 0 Å². The lowest BCUT2D eigenvalue weighted by atomic mass is 10.1. The number of carbonyl (C=O) groups is 1. The minimum Gasteiger partial charge on any atom is -0.497 e. The van der Waals surface area contributed by atoms with Gasteiger partial charge in [-0.25, -0.2) is 4.79 Å². The van der Waals surface area contributed by atoms with Crippen LogP contribution in [0.2, 0.25) is 5.02 Å². The number of nitrogens with one attached hydrogen (secondary N) is 3. The van der Waals surface area contributed by atoms with Gasteiger partial charge in [0, 0.05) is 53.9 Å². The van der Waals surface area contributed by atoms with Crippen molar-refractivity contribution in [3.8, 4) is 5.75 Å². The first-order chi connectivity index (χ1) is 12.6. The van der Waals surface area contributed by atoms with Crippen molar-refractivity contribution in [2.75, 3.05) is 42.8 Å². The molecule has 0 aliphatic rings. The number of hydrogen-bond acceptors (Lipinski definition) is 5. The van der Waals surface area contributed by atoms with Crippen LogP contribution in [0.15, 0.2) is 36.4 Å². The van der Waals surface area contributed by atoms with E-state index in [0.717, 1.165) is 5.69 Å². The van der Waals surface area contributed by atoms with Crippen molar-refractivity contribution in [1.82, 2.24) is 0 Å². The van der Waals surface area contributed by atoms with E-state index in [1.54, 1.807) is 37.4 Å². The van der Waals surface area contributed by atoms with E-state index < -0.39 is 6.03 Å². The Labute approximate surface area is 157 Å². The van der Waals surface area contributed by atoms with Crippen LogP contribution in [0.1, 0.15) is 5.56 Å². The SMILES string of the molecule is COc1cc(NCCN)cc(NC(=O)Nc2cccc(Cl)c2CCO)c1. The first-order valence-electron chi connectivity index (χ1n) is 8.16. The van der Waals surface area contributed by atoms with Gasteiger partial charge in [0.2, 0.25) is 0 Å². The number of aliphatic hydroxyl groups is 1. The van der Waals surface area contributed by atoms with Gasteiger partial charge in [-0.2, -0.15) is 0 Å². The molecule has 0 aliphatic heterocycles. The molecule has 2 rings (SSSR count). The van der Waals surface area contributed by atoms with Crippen molar-refractivity contribution in [2.24, 2.45) is 5.73 Å². The monoisotopic (exact) mass is 378 g/mol. The summed E-state index contributed by atoms with van der Waals surface area (Å²) in [5.41, 5.74) is 8.08. The highest BCUT2D eigenvalue weighted by atomic mass is 35.5. The number of halogens is 1. The van der Waals surface area contributed by atoms with E-state index in [2.05, 4.69) is 16.0 Å². The molecular weight excluding hydrogens is 356 g/mol. The maximum absolute atomic E-state index is 12.4. The van der Waals surface area contributed by atoms with Gasteiger partial charge in [-0.3, -0.25) is 0 Å². The fourth-order valence-electron chi connectivity index (χ4n) is 2.43. The first-order valence-corrected chi connectivity index (χ1v) is 8.54. The first kappa shape index (κ1) is 19.8. The van der Waals surface area contributed by atoms with E-state index >= 15 is 0 Å². The van der Waals surface area contributed by atoms with Crippen LogP contribution >= 0.6 is 11.6 Å². The summed E-state index contributed by atoms with van der Waals surface area (Å²) < 4.78 is 5.25. The Morgan fingerprint density at radius 2 is 2.00 bits per heavy atom. The Hall–Kier alpha value is -2.48. The van der Waals surface area contributed by atoms with E-state index in [0.29, 0.717) is 47.2 Å². The van der Waals surface area contributed by atoms with Crippen LogP contribution in [0.25, 0.3) is 0 Å². The predicted molar refractivity (Wildman–Crippen MR) is 105 cm³/mol. The smallest absolute Gasteiger partial charge is 0.323 e. The zero-order chi connectivity index (χ0) is 18.9. The molecule has 2 amide bonds. The third-order valence-electron chi connectivity index (χ3n) is 3.60. The molecular formula is C18H23ClN4O3. The number of ether oxygens (including phenoxy) is 1. The van der Waals surface area contributed by atoms with E-state index in [-0.39, 0.29) is 6.61 Å². The predicted octanol–water partition coefficient (Wildman–Crippen LogP) is 2.90. The summed E-state index contributed by atoms with van der Waals surface area (Å²) in [6.07, 6.45) is 0.349. The van der Waals surface area contributed by atoms with Crippen molar-refractivity contribution < 1.29 is 14.6 Å². The molecule has 7 nitrogen and oxygen atoms in total. The van der Waals surface area contributed by atoms with Gasteiger partial charge in [-0.1, -0.05) is 17.7 Å². The van der Waals surface area contributed by atoms with Gasteiger partial charge in [0.05, 0.1) is 7.11 Å². The molecule has 0 fully saturated rings. The van der Waals surface area contributed by atoms with Crippen LogP contribution in [-0.4, -0.2) is 37.9 Å². The Morgan fingerprint density at radius 3 is 2.69 bits per heavy atom. The highest BCUT2D eigenvalue weighted by Gasteiger charge is 2.11. The summed E-state index contributed by atoms with van der Waals surface area (Å²) in [4.78, 5) is 12.4. The summed E-state index contributed by atoms with van der Waals surface area (Å²) in [6.45, 7) is 1.03. The summed E-state index contributed by atoms with van der Waals surface area (Å²) in [6, 6.07) is 10.1. The van der Waals surface area contributed by atoms with Gasteiger partial charge in [-0.05, 0) is 30.2 Å². The van der Waals surface area contributed by atoms with E-state index in [1.165, 1.54) is 0 Å². The quantitative estimate of drug-likeness (QED) is 0.485. The second-order valence-electron chi connectivity index (χ2n) is 5.48. The van der Waals surface area contributed by atoms with Gasteiger partial charge in [-0.15, -0.1) is 0 Å². The number of urea groups is 1. The Bertz CT molecular complexity index is 755. The molecule has 0 spiro atoms. The van der Waals surface area contributed by atoms with Crippen LogP contribution in [-0.2, 0) is 6.42 Å². The largest absolute Gasteiger partial charge is 0.497 e. The number of carbonyl (C=O) groups excluding carboxylic acids is 1. The van der Waals surface area contributed by atoms with Crippen LogP contribution in [0, 0.1) is 0 Å². The van der Waals surface area contributed by atoms with Crippen molar-refractivity contribution in [2.45, 2.75) is 6.42 Å². The van der Waals surface area contributed by atoms with Crippen LogP contribution in [0.4, 0.5) is 21.9 Å². The molecule has 0 aromatic heterocycles. The maximum Gasteiger partial charge on any atom is 0.323 e. The molecule has 26 heavy (non-hydrogen) atoms. The Morgan fingerprint density at radius 1 is 1.23 bits per heavy atom. The van der Waals surface area contributed by atoms with Crippen molar-refractivity contribution in [3.63, 3.8) is 0 Å². The lowest BCUT2D eigenvalue weighted by molar-refractivity contribution is 0.262. The second kappa shape index (κ2) is 9.86. The lowest BCUT2D eigenvalue weighted by Gasteiger charge is -2.14. The van der Waals surface area contributed by atoms with Crippen LogP contribution in [0.3, 0.4) is 0 Å². The molecule has 0 unspecified atom stereocenters. The molecule has 0 bridgehead atoms. The molecule has 0 saturated heterocycles. The topological polar surface area (TPSA) is 109 Å². The summed E-state index contributed by atoms with van der Waals surface area (Å²) in [7, 11) is 1.55. The maximum atomic E-state index is 12.4. The molecule has 2 aromatic rings. The number of methoxy groups -OCH3 is 1. The van der Waals surface area contributed by atoms with Crippen molar-refractivity contribution in [3.05, 3.63) is 47.0 Å². The highest BCUT2D eigenvalue weighted by Crippen LogP contribution is 2.26. The van der Waals surface area contributed by atoms with Gasteiger partial charge in [0.1, 0.15) is 5.75 Å². The summed E-state index contributed by atoms with van der Waals surface area (Å²) in [5.74, 6) is 0.603. The van der Waals surface area contributed by atoms with Gasteiger partial charge in [0.15, 0.2) is 0 Å². The molecule has 0 radical (unpaired) electrons. The summed E-state index contributed by atoms with van der Waals surface area (Å²) in [5, 5.41) is 18.3. The standard InChI is InChI=1S/C18H23ClN4O3/c1-26-14-10-12(21-7-6-20)9-13(11-14)22-18(25)23-17-4-2-3-16(19)15(17)5-8-24/h2-4,9-11,21,24H,5-8,20H2,1H3,(H2,22,23,25). The normalized spacial score (nSPS) is 10.3. The number of rotatable bonds is 8. The van der Waals surface area contributed by atoms with E-state index in [9.17, 15) is 9.90 Å². The lowest BCUT2D eigenvalue weighted by Crippen LogP contribution is -2.21. The minimum absolute atomic E-state index is 0.0634. The molecule has 0 atom stereocenters. The van der Waals surface area contributed by atoms with Crippen molar-refractivity contribution >= 4 is 34.7 Å². The fourth-order valence-corrected chi connectivity index (χ4v) is 2.70. The molecule has 140 valence electrons. The average molecular weight is 379 g/mol. The molecule has 0 saturated carbocycles. The molecule has 0 aliphatic carbocycles. The van der Waals surface area contributed by atoms with Crippen LogP contribution < -0.4 is 26.4 Å². The second-order valence-corrected chi connectivity index (χ2v) is 5.89. The third-order valence-corrected chi connectivity index (χ3v) is 3.96. The minimum atomic E-state index is -0.426. The van der Waals surface area contributed by atoms with E-state index in [1.807, 2.05) is 6.07 Å². The van der Waals surface area contributed by atoms with Gasteiger partial charge < -0.3 is 31.5 Å². The van der Waals surface area contributed by atoms with E-state index in [4.69, 9.17) is 22.1 Å². The van der Waals surface area contributed by atoms with Gasteiger partial charge >= 0.3 is 6.03 Å². The number of amides is 2. The van der Waals surface area contributed by atoms with Gasteiger partial charge in [0.25, 0.3) is 0 Å². The zero-order valence-electron chi connectivity index (χ0n) is 14.5. The highest BCUT2D eigenvalue weighted by molar-refractivity contribution is 6.31. The Balaban J connectivity index is 2.14. The molecule has 2 aromatic carbocycles. The number of benzene rings is 2. The molecule has 0 heterocycles.